The van der Waals surface area contributed by atoms with Crippen molar-refractivity contribution >= 4 is 0 Å². The highest BCUT2D eigenvalue weighted by Crippen LogP contribution is 1.95. The molecule has 0 aliphatic rings. The largest absolute Gasteiger partial charge is 0.335 e. The summed E-state index contributed by atoms with van der Waals surface area (Å²) in [5, 5.41) is 16.5. The lowest BCUT2D eigenvalue weighted by molar-refractivity contribution is 1.29. The van der Waals surface area contributed by atoms with Gasteiger partial charge in [-0.05, 0) is 12.1 Å². The van der Waals surface area contributed by atoms with Gasteiger partial charge in [-0.3, -0.25) is 4.98 Å². The Bertz CT molecular complexity index is 419. The number of imidazole rings is 1. The van der Waals surface area contributed by atoms with Crippen molar-refractivity contribution in [1.82, 2.24) is 15.0 Å². The number of hydrogen-bond donors (Lipinski definition) is 1. The number of pyridine rings is 1. The molecule has 0 radical (unpaired) electrons. The van der Waals surface area contributed by atoms with Crippen LogP contribution >= 0.6 is 0 Å². The van der Waals surface area contributed by atoms with Crippen molar-refractivity contribution in [3.05, 3.63) is 48.3 Å². The first kappa shape index (κ1) is 10.4. The summed E-state index contributed by atoms with van der Waals surface area (Å²) in [6, 6.07) is 9.26. The summed E-state index contributed by atoms with van der Waals surface area (Å²) in [4.78, 5) is 9.86. The predicted molar refractivity (Wildman–Crippen MR) is 52.3 cm³/mol. The standard InChI is InChI=1S/C5H2N4.C5H5N/c6-1-4-5(2-7)9-3-8-4;1-2-4-6-5-3-1/h3H,(H,8,9);1-5H. The fourth-order valence-electron chi connectivity index (χ4n) is 0.777. The molecule has 0 spiro atoms. The van der Waals surface area contributed by atoms with Gasteiger partial charge in [0.2, 0.25) is 0 Å². The molecule has 0 aliphatic carbocycles. The van der Waals surface area contributed by atoms with Crippen molar-refractivity contribution in [3.8, 4) is 12.1 Å². The maximum Gasteiger partial charge on any atom is 0.176 e. The van der Waals surface area contributed by atoms with Crippen molar-refractivity contribution in [2.24, 2.45) is 0 Å². The summed E-state index contributed by atoms with van der Waals surface area (Å²) in [5.74, 6) is 0. The molecule has 0 unspecified atom stereocenters. The first-order chi connectivity index (χ1) is 7.38. The van der Waals surface area contributed by atoms with Gasteiger partial charge in [0.25, 0.3) is 0 Å². The van der Waals surface area contributed by atoms with Gasteiger partial charge < -0.3 is 4.98 Å². The Balaban J connectivity index is 0.000000162. The molecule has 0 bridgehead atoms. The number of nitriles is 2. The van der Waals surface area contributed by atoms with Gasteiger partial charge in [-0.25, -0.2) is 4.98 Å². The smallest absolute Gasteiger partial charge is 0.176 e. The highest BCUT2D eigenvalue weighted by molar-refractivity contribution is 5.34. The molecule has 0 aromatic carbocycles. The van der Waals surface area contributed by atoms with Crippen LogP contribution in [0, 0.1) is 22.7 Å². The second-order valence-electron chi connectivity index (χ2n) is 2.37. The van der Waals surface area contributed by atoms with Crippen LogP contribution in [0.2, 0.25) is 0 Å². The number of aromatic amines is 1. The first-order valence-corrected chi connectivity index (χ1v) is 4.07. The second kappa shape index (κ2) is 5.90. The maximum atomic E-state index is 8.27. The number of nitrogens with zero attached hydrogens (tertiary/aromatic N) is 4. The molecule has 5 heteroatoms. The molecule has 5 nitrogen and oxygen atoms in total. The molecule has 0 atom stereocenters. The highest BCUT2D eigenvalue weighted by atomic mass is 14.9. The van der Waals surface area contributed by atoms with Gasteiger partial charge >= 0.3 is 0 Å². The van der Waals surface area contributed by atoms with E-state index in [4.69, 9.17) is 10.5 Å². The van der Waals surface area contributed by atoms with Gasteiger partial charge in [0, 0.05) is 12.4 Å². The molecule has 0 saturated carbocycles. The van der Waals surface area contributed by atoms with Crippen LogP contribution in [0.3, 0.4) is 0 Å². The Morgan fingerprint density at radius 2 is 1.80 bits per heavy atom. The number of H-pyrrole nitrogens is 1. The zero-order valence-electron chi connectivity index (χ0n) is 7.75. The second-order valence-corrected chi connectivity index (χ2v) is 2.37. The minimum atomic E-state index is 0.150. The Morgan fingerprint density at radius 1 is 1.07 bits per heavy atom. The minimum absolute atomic E-state index is 0.150. The fourth-order valence-corrected chi connectivity index (χ4v) is 0.777. The summed E-state index contributed by atoms with van der Waals surface area (Å²) in [7, 11) is 0. The Morgan fingerprint density at radius 3 is 2.13 bits per heavy atom. The molecular weight excluding hydrogens is 190 g/mol. The normalized spacial score (nSPS) is 7.87. The average Bonchev–Trinajstić information content (AvgIpc) is 2.79. The van der Waals surface area contributed by atoms with E-state index in [0.29, 0.717) is 0 Å². The number of aromatic nitrogens is 3. The summed E-state index contributed by atoms with van der Waals surface area (Å²) >= 11 is 0. The van der Waals surface area contributed by atoms with Gasteiger partial charge in [-0.15, -0.1) is 0 Å². The zero-order chi connectivity index (χ0) is 10.9. The third-order valence-corrected chi connectivity index (χ3v) is 1.42. The lowest BCUT2D eigenvalue weighted by atomic mass is 10.4. The number of rotatable bonds is 0. The van der Waals surface area contributed by atoms with Crippen molar-refractivity contribution in [2.45, 2.75) is 0 Å². The third kappa shape index (κ3) is 3.29. The number of nitrogens with one attached hydrogen (secondary N) is 1. The Hall–Kier alpha value is -2.66. The third-order valence-electron chi connectivity index (χ3n) is 1.42. The lowest BCUT2D eigenvalue weighted by Crippen LogP contribution is -1.77. The molecule has 2 aromatic heterocycles. The molecule has 0 amide bonds. The maximum absolute atomic E-state index is 8.27. The topological polar surface area (TPSA) is 89.1 Å². The quantitative estimate of drug-likeness (QED) is 0.687. The highest BCUT2D eigenvalue weighted by Gasteiger charge is 1.99. The molecule has 2 aromatic rings. The van der Waals surface area contributed by atoms with Crippen molar-refractivity contribution in [3.63, 3.8) is 0 Å². The molecule has 0 saturated heterocycles. The van der Waals surface area contributed by atoms with E-state index in [-0.39, 0.29) is 11.4 Å². The van der Waals surface area contributed by atoms with Gasteiger partial charge in [-0.2, -0.15) is 10.5 Å². The molecule has 0 fully saturated rings. The molecule has 72 valence electrons. The Labute approximate surface area is 86.7 Å². The van der Waals surface area contributed by atoms with Gasteiger partial charge in [0.15, 0.2) is 11.4 Å². The van der Waals surface area contributed by atoms with Gasteiger partial charge in [-0.1, -0.05) is 6.07 Å². The van der Waals surface area contributed by atoms with Crippen molar-refractivity contribution < 1.29 is 0 Å². The van der Waals surface area contributed by atoms with Crippen LogP contribution in [0.4, 0.5) is 0 Å². The minimum Gasteiger partial charge on any atom is -0.335 e. The van der Waals surface area contributed by atoms with E-state index >= 15 is 0 Å². The van der Waals surface area contributed by atoms with Gasteiger partial charge in [0.05, 0.1) is 6.33 Å². The average molecular weight is 197 g/mol. The van der Waals surface area contributed by atoms with E-state index in [9.17, 15) is 0 Å². The van der Waals surface area contributed by atoms with Crippen LogP contribution in [-0.4, -0.2) is 15.0 Å². The Kier molecular flexibility index (Phi) is 4.10. The van der Waals surface area contributed by atoms with E-state index in [1.54, 1.807) is 24.5 Å². The summed E-state index contributed by atoms with van der Waals surface area (Å²) in [5.41, 5.74) is 0.370. The van der Waals surface area contributed by atoms with Crippen LogP contribution < -0.4 is 0 Å². The van der Waals surface area contributed by atoms with Crippen molar-refractivity contribution in [2.75, 3.05) is 0 Å². The van der Waals surface area contributed by atoms with Crippen LogP contribution in [0.15, 0.2) is 36.9 Å². The molecular formula is C10H7N5. The molecule has 2 rings (SSSR count). The molecule has 0 aliphatic heterocycles. The van der Waals surface area contributed by atoms with Gasteiger partial charge in [0.1, 0.15) is 12.1 Å². The molecule has 1 N–H and O–H groups in total. The van der Waals surface area contributed by atoms with E-state index in [1.165, 1.54) is 6.33 Å². The fraction of sp³-hybridized carbons (Fsp3) is 0. The zero-order valence-corrected chi connectivity index (χ0v) is 7.75. The molecule has 2 heterocycles. The van der Waals surface area contributed by atoms with E-state index in [1.807, 2.05) is 18.2 Å². The van der Waals surface area contributed by atoms with Crippen molar-refractivity contribution in [1.29, 1.82) is 10.5 Å². The van der Waals surface area contributed by atoms with Crippen LogP contribution in [0.1, 0.15) is 11.4 Å². The molecule has 15 heavy (non-hydrogen) atoms. The van der Waals surface area contributed by atoms with E-state index < -0.39 is 0 Å². The summed E-state index contributed by atoms with van der Waals surface area (Å²) < 4.78 is 0. The predicted octanol–water partition coefficient (Wildman–Crippen LogP) is 1.23. The first-order valence-electron chi connectivity index (χ1n) is 4.07. The van der Waals surface area contributed by atoms with Crippen LogP contribution in [0.25, 0.3) is 0 Å². The van der Waals surface area contributed by atoms with E-state index in [0.717, 1.165) is 0 Å². The summed E-state index contributed by atoms with van der Waals surface area (Å²) in [6.45, 7) is 0. The van der Waals surface area contributed by atoms with Crippen LogP contribution in [0.5, 0.6) is 0 Å². The lowest BCUT2D eigenvalue weighted by Gasteiger charge is -1.73. The van der Waals surface area contributed by atoms with Crippen LogP contribution in [-0.2, 0) is 0 Å². The van der Waals surface area contributed by atoms with E-state index in [2.05, 4.69) is 15.0 Å². The monoisotopic (exact) mass is 197 g/mol. The number of hydrogen-bond acceptors (Lipinski definition) is 4. The summed E-state index contributed by atoms with van der Waals surface area (Å²) in [6.07, 6.45) is 4.82. The SMILES string of the molecule is N#Cc1nc[nH]c1C#N.c1ccncc1.